The van der Waals surface area contributed by atoms with E-state index in [1.165, 1.54) is 13.3 Å². The zero-order valence-corrected chi connectivity index (χ0v) is 11.9. The van der Waals surface area contributed by atoms with Crippen LogP contribution in [0, 0.1) is 11.3 Å². The largest absolute Gasteiger partial charge is 0.486 e. The zero-order valence-electron chi connectivity index (χ0n) is 11.2. The minimum absolute atomic E-state index is 0.163. The van der Waals surface area contributed by atoms with Gasteiger partial charge in [-0.3, -0.25) is 4.98 Å². The number of benzene rings is 1. The van der Waals surface area contributed by atoms with E-state index in [1.807, 2.05) is 6.07 Å². The maximum absolute atomic E-state index is 11.3. The Labute approximate surface area is 126 Å². The van der Waals surface area contributed by atoms with E-state index in [0.717, 1.165) is 0 Å². The molecule has 2 rings (SSSR count). The van der Waals surface area contributed by atoms with E-state index in [0.29, 0.717) is 27.6 Å². The molecule has 0 aliphatic heterocycles. The number of esters is 1. The average Bonchev–Trinajstić information content (AvgIpc) is 2.52. The summed E-state index contributed by atoms with van der Waals surface area (Å²) in [4.78, 5) is 15.4. The van der Waals surface area contributed by atoms with Crippen molar-refractivity contribution >= 4 is 17.6 Å². The fraction of sp³-hybridized carbons (Fsp3) is 0.133. The van der Waals surface area contributed by atoms with Crippen LogP contribution in [0.5, 0.6) is 5.75 Å². The molecular formula is C15H11ClN2O3. The van der Waals surface area contributed by atoms with Crippen LogP contribution < -0.4 is 4.74 Å². The summed E-state index contributed by atoms with van der Waals surface area (Å²) in [5.41, 5.74) is 1.37. The quantitative estimate of drug-likeness (QED) is 0.812. The van der Waals surface area contributed by atoms with Crippen molar-refractivity contribution in [2.75, 3.05) is 7.11 Å². The number of carbonyl (C=O) groups excluding carboxylic acids is 1. The minimum Gasteiger partial charge on any atom is -0.486 e. The normalized spacial score (nSPS) is 9.76. The molecule has 1 aromatic heterocycles. The van der Waals surface area contributed by atoms with Gasteiger partial charge in [-0.05, 0) is 24.3 Å². The fourth-order valence-corrected chi connectivity index (χ4v) is 1.77. The van der Waals surface area contributed by atoms with E-state index >= 15 is 0 Å². The lowest BCUT2D eigenvalue weighted by Crippen LogP contribution is -2.04. The molecule has 0 aliphatic carbocycles. The Bertz CT molecular complexity index is 693. The zero-order chi connectivity index (χ0) is 15.2. The summed E-state index contributed by atoms with van der Waals surface area (Å²) in [6, 6.07) is 10.1. The number of nitriles is 1. The summed E-state index contributed by atoms with van der Waals surface area (Å²) in [5, 5.41) is 9.48. The number of hydrogen-bond donors (Lipinski definition) is 0. The molecule has 0 saturated carbocycles. The van der Waals surface area contributed by atoms with Gasteiger partial charge in [-0.1, -0.05) is 11.6 Å². The molecule has 2 aromatic rings. The van der Waals surface area contributed by atoms with Gasteiger partial charge in [-0.15, -0.1) is 0 Å². The SMILES string of the molecule is COC(=O)c1ccc(COc2cc(Cl)ccc2C#N)nc1. The summed E-state index contributed by atoms with van der Waals surface area (Å²) in [6.45, 7) is 0.163. The topological polar surface area (TPSA) is 72.2 Å². The molecule has 5 nitrogen and oxygen atoms in total. The first kappa shape index (κ1) is 14.8. The Morgan fingerprint density at radius 2 is 2.19 bits per heavy atom. The Morgan fingerprint density at radius 1 is 1.38 bits per heavy atom. The number of pyridine rings is 1. The molecule has 0 N–H and O–H groups in total. The van der Waals surface area contributed by atoms with Crippen molar-refractivity contribution in [3.8, 4) is 11.8 Å². The predicted molar refractivity (Wildman–Crippen MR) is 76.1 cm³/mol. The Hall–Kier alpha value is -2.58. The third-order valence-corrected chi connectivity index (χ3v) is 2.92. The number of rotatable bonds is 4. The lowest BCUT2D eigenvalue weighted by molar-refractivity contribution is 0.0600. The van der Waals surface area contributed by atoms with Crippen molar-refractivity contribution in [3.05, 3.63) is 58.4 Å². The van der Waals surface area contributed by atoms with Crippen LogP contribution in [0.1, 0.15) is 21.6 Å². The molecule has 0 unspecified atom stereocenters. The third kappa shape index (κ3) is 3.71. The second kappa shape index (κ2) is 6.73. The molecule has 1 aromatic carbocycles. The van der Waals surface area contributed by atoms with Crippen LogP contribution in [0.3, 0.4) is 0 Å². The van der Waals surface area contributed by atoms with Crippen molar-refractivity contribution in [2.45, 2.75) is 6.61 Å². The Balaban J connectivity index is 2.08. The minimum atomic E-state index is -0.448. The van der Waals surface area contributed by atoms with Gasteiger partial charge in [0.2, 0.25) is 0 Å². The predicted octanol–water partition coefficient (Wildman–Crippen LogP) is 2.97. The van der Waals surface area contributed by atoms with Crippen LogP contribution in [0.4, 0.5) is 0 Å². The molecule has 0 atom stereocenters. The van der Waals surface area contributed by atoms with Crippen LogP contribution in [0.25, 0.3) is 0 Å². The van der Waals surface area contributed by atoms with E-state index < -0.39 is 5.97 Å². The molecular weight excluding hydrogens is 292 g/mol. The van der Waals surface area contributed by atoms with Gasteiger partial charge in [0.25, 0.3) is 0 Å². The second-order valence-electron chi connectivity index (χ2n) is 4.07. The van der Waals surface area contributed by atoms with Crippen molar-refractivity contribution in [1.82, 2.24) is 4.98 Å². The smallest absolute Gasteiger partial charge is 0.339 e. The highest BCUT2D eigenvalue weighted by atomic mass is 35.5. The molecule has 0 saturated heterocycles. The maximum Gasteiger partial charge on any atom is 0.339 e. The molecule has 0 aliphatic rings. The average molecular weight is 303 g/mol. The van der Waals surface area contributed by atoms with Crippen LogP contribution >= 0.6 is 11.6 Å². The van der Waals surface area contributed by atoms with Crippen LogP contribution in [-0.4, -0.2) is 18.1 Å². The van der Waals surface area contributed by atoms with Crippen molar-refractivity contribution in [1.29, 1.82) is 5.26 Å². The van der Waals surface area contributed by atoms with Crippen LogP contribution in [0.15, 0.2) is 36.5 Å². The number of carbonyl (C=O) groups is 1. The van der Waals surface area contributed by atoms with E-state index in [9.17, 15) is 4.79 Å². The molecule has 106 valence electrons. The van der Waals surface area contributed by atoms with E-state index in [4.69, 9.17) is 21.6 Å². The fourth-order valence-electron chi connectivity index (χ4n) is 1.61. The first-order valence-corrected chi connectivity index (χ1v) is 6.37. The van der Waals surface area contributed by atoms with Gasteiger partial charge in [0, 0.05) is 17.3 Å². The van der Waals surface area contributed by atoms with Gasteiger partial charge in [0.1, 0.15) is 18.4 Å². The number of halogens is 1. The molecule has 0 amide bonds. The number of methoxy groups -OCH3 is 1. The maximum atomic E-state index is 11.3. The highest BCUT2D eigenvalue weighted by molar-refractivity contribution is 6.30. The molecule has 0 fully saturated rings. The molecule has 6 heteroatoms. The van der Waals surface area contributed by atoms with Gasteiger partial charge in [-0.25, -0.2) is 4.79 Å². The Morgan fingerprint density at radius 3 is 2.81 bits per heavy atom. The van der Waals surface area contributed by atoms with Crippen molar-refractivity contribution in [2.24, 2.45) is 0 Å². The number of aromatic nitrogens is 1. The van der Waals surface area contributed by atoms with Gasteiger partial charge in [0.15, 0.2) is 0 Å². The molecule has 0 spiro atoms. The lowest BCUT2D eigenvalue weighted by Gasteiger charge is -2.08. The van der Waals surface area contributed by atoms with Gasteiger partial charge >= 0.3 is 5.97 Å². The van der Waals surface area contributed by atoms with E-state index in [1.54, 1.807) is 30.3 Å². The second-order valence-corrected chi connectivity index (χ2v) is 4.51. The molecule has 21 heavy (non-hydrogen) atoms. The summed E-state index contributed by atoms with van der Waals surface area (Å²) in [6.07, 6.45) is 1.41. The number of nitrogens with zero attached hydrogens (tertiary/aromatic N) is 2. The third-order valence-electron chi connectivity index (χ3n) is 2.69. The van der Waals surface area contributed by atoms with Crippen LogP contribution in [-0.2, 0) is 11.3 Å². The summed E-state index contributed by atoms with van der Waals surface area (Å²) >= 11 is 5.87. The Kier molecular flexibility index (Phi) is 4.75. The number of ether oxygens (including phenoxy) is 2. The molecule has 0 radical (unpaired) electrons. The summed E-state index contributed by atoms with van der Waals surface area (Å²) in [5.74, 6) is -0.0552. The molecule has 1 heterocycles. The summed E-state index contributed by atoms with van der Waals surface area (Å²) in [7, 11) is 1.31. The molecule has 0 bridgehead atoms. The van der Waals surface area contributed by atoms with Crippen molar-refractivity contribution in [3.63, 3.8) is 0 Å². The summed E-state index contributed by atoms with van der Waals surface area (Å²) < 4.78 is 10.1. The monoisotopic (exact) mass is 302 g/mol. The highest BCUT2D eigenvalue weighted by Crippen LogP contribution is 2.23. The van der Waals surface area contributed by atoms with E-state index in [2.05, 4.69) is 9.72 Å². The first-order chi connectivity index (χ1) is 10.1. The lowest BCUT2D eigenvalue weighted by atomic mass is 10.2. The van der Waals surface area contributed by atoms with Gasteiger partial charge in [0.05, 0.1) is 23.9 Å². The highest BCUT2D eigenvalue weighted by Gasteiger charge is 2.07. The standard InChI is InChI=1S/C15H11ClN2O3/c1-20-15(19)11-3-5-13(18-8-11)9-21-14-6-12(16)4-2-10(14)7-17/h2-6,8H,9H2,1H3. The van der Waals surface area contributed by atoms with Gasteiger partial charge in [-0.2, -0.15) is 5.26 Å². The van der Waals surface area contributed by atoms with Crippen LogP contribution in [0.2, 0.25) is 5.02 Å². The van der Waals surface area contributed by atoms with E-state index in [-0.39, 0.29) is 6.61 Å². The number of hydrogen-bond acceptors (Lipinski definition) is 5. The van der Waals surface area contributed by atoms with Gasteiger partial charge < -0.3 is 9.47 Å². The first-order valence-electron chi connectivity index (χ1n) is 5.99. The van der Waals surface area contributed by atoms with Crippen molar-refractivity contribution < 1.29 is 14.3 Å².